The summed E-state index contributed by atoms with van der Waals surface area (Å²) in [5.74, 6) is -0.391. The number of nitrogens with zero attached hydrogens (tertiary/aromatic N) is 2. The zero-order valence-electron chi connectivity index (χ0n) is 9.51. The predicted octanol–water partition coefficient (Wildman–Crippen LogP) is 3.38. The normalized spacial score (nSPS) is 11.2. The van der Waals surface area contributed by atoms with Crippen molar-refractivity contribution in [3.8, 4) is 0 Å². The van der Waals surface area contributed by atoms with E-state index < -0.39 is 5.97 Å². The Balaban J connectivity index is 2.25. The molecule has 3 rings (SSSR count). The highest BCUT2D eigenvalue weighted by Crippen LogP contribution is 2.30. The average Bonchev–Trinajstić information content (AvgIpc) is 2.88. The molecule has 0 bridgehead atoms. The van der Waals surface area contributed by atoms with Gasteiger partial charge in [-0.1, -0.05) is 11.6 Å². The van der Waals surface area contributed by atoms with E-state index in [0.717, 1.165) is 15.0 Å². The zero-order chi connectivity index (χ0) is 12.7. The summed E-state index contributed by atoms with van der Waals surface area (Å²) >= 11 is 7.47. The fourth-order valence-corrected chi connectivity index (χ4v) is 3.06. The van der Waals surface area contributed by atoms with E-state index in [4.69, 9.17) is 16.3 Å². The van der Waals surface area contributed by atoms with Crippen molar-refractivity contribution in [2.45, 2.75) is 6.92 Å². The molecule has 2 heterocycles. The second-order valence-electron chi connectivity index (χ2n) is 3.70. The highest BCUT2D eigenvalue weighted by molar-refractivity contribution is 7.24. The number of halogens is 1. The van der Waals surface area contributed by atoms with Crippen molar-refractivity contribution < 1.29 is 9.53 Å². The summed E-state index contributed by atoms with van der Waals surface area (Å²) in [6.07, 6.45) is 1.62. The Kier molecular flexibility index (Phi) is 2.72. The van der Waals surface area contributed by atoms with Crippen LogP contribution in [0.25, 0.3) is 15.0 Å². The Bertz CT molecular complexity index is 747. The van der Waals surface area contributed by atoms with Gasteiger partial charge >= 0.3 is 5.97 Å². The molecule has 0 saturated carbocycles. The van der Waals surface area contributed by atoms with Gasteiger partial charge in [0, 0.05) is 5.02 Å². The van der Waals surface area contributed by atoms with E-state index >= 15 is 0 Å². The van der Waals surface area contributed by atoms with Crippen LogP contribution in [0.3, 0.4) is 0 Å². The van der Waals surface area contributed by atoms with Gasteiger partial charge < -0.3 is 4.74 Å². The van der Waals surface area contributed by atoms with E-state index in [1.54, 1.807) is 13.3 Å². The molecule has 0 radical (unpaired) electrons. The number of rotatable bonds is 2. The van der Waals surface area contributed by atoms with Gasteiger partial charge in [0.05, 0.1) is 16.8 Å². The fraction of sp³-hybridized carbons (Fsp3) is 0.167. The molecule has 4 nitrogen and oxygen atoms in total. The maximum Gasteiger partial charge on any atom is 0.360 e. The highest BCUT2D eigenvalue weighted by atomic mass is 35.5. The SMILES string of the molecule is CCOC(=O)c1ncn2c1sc1ccc(Cl)cc12. The second-order valence-corrected chi connectivity index (χ2v) is 5.17. The zero-order valence-corrected chi connectivity index (χ0v) is 11.1. The van der Waals surface area contributed by atoms with Crippen LogP contribution in [-0.2, 0) is 4.74 Å². The van der Waals surface area contributed by atoms with Crippen molar-refractivity contribution >= 4 is 44.0 Å². The Hall–Kier alpha value is -1.59. The molecule has 18 heavy (non-hydrogen) atoms. The number of ether oxygens (including phenoxy) is 1. The van der Waals surface area contributed by atoms with Crippen LogP contribution in [0.15, 0.2) is 24.5 Å². The molecule has 0 unspecified atom stereocenters. The summed E-state index contributed by atoms with van der Waals surface area (Å²) < 4.78 is 7.90. The highest BCUT2D eigenvalue weighted by Gasteiger charge is 2.18. The Morgan fingerprint density at radius 1 is 1.56 bits per heavy atom. The summed E-state index contributed by atoms with van der Waals surface area (Å²) in [6.45, 7) is 2.12. The number of aromatic nitrogens is 2. The van der Waals surface area contributed by atoms with E-state index in [9.17, 15) is 4.79 Å². The summed E-state index contributed by atoms with van der Waals surface area (Å²) in [7, 11) is 0. The van der Waals surface area contributed by atoms with Gasteiger partial charge in [0.1, 0.15) is 11.2 Å². The Labute approximate surface area is 112 Å². The largest absolute Gasteiger partial charge is 0.461 e. The molecule has 0 amide bonds. The standard InChI is InChI=1S/C12H9ClN2O2S/c1-2-17-12(16)10-11-15(6-14-10)8-5-7(13)3-4-9(8)18-11/h3-6H,2H2,1H3. The third kappa shape index (κ3) is 1.67. The van der Waals surface area contributed by atoms with Gasteiger partial charge in [-0.05, 0) is 25.1 Å². The van der Waals surface area contributed by atoms with Gasteiger partial charge in [0.15, 0.2) is 5.69 Å². The molecule has 0 fully saturated rings. The Morgan fingerprint density at radius 3 is 3.17 bits per heavy atom. The third-order valence-electron chi connectivity index (χ3n) is 2.58. The van der Waals surface area contributed by atoms with E-state index in [0.29, 0.717) is 17.3 Å². The van der Waals surface area contributed by atoms with Crippen molar-refractivity contribution in [2.75, 3.05) is 6.61 Å². The molecule has 6 heteroatoms. The van der Waals surface area contributed by atoms with Gasteiger partial charge in [-0.3, -0.25) is 4.40 Å². The number of hydrogen-bond acceptors (Lipinski definition) is 4. The van der Waals surface area contributed by atoms with E-state index in [1.807, 2.05) is 22.6 Å². The van der Waals surface area contributed by atoms with Crippen LogP contribution in [0.4, 0.5) is 0 Å². The quantitative estimate of drug-likeness (QED) is 0.676. The summed E-state index contributed by atoms with van der Waals surface area (Å²) in [4.78, 5) is 16.6. The molecule has 0 N–H and O–H groups in total. The lowest BCUT2D eigenvalue weighted by atomic mass is 10.3. The van der Waals surface area contributed by atoms with Crippen LogP contribution < -0.4 is 0 Å². The van der Waals surface area contributed by atoms with Crippen molar-refractivity contribution in [1.82, 2.24) is 9.38 Å². The number of fused-ring (bicyclic) bond motifs is 3. The molecule has 0 spiro atoms. The molecule has 0 saturated heterocycles. The molecular formula is C12H9ClN2O2S. The van der Waals surface area contributed by atoms with Gasteiger partial charge in [-0.2, -0.15) is 0 Å². The molecule has 0 aliphatic carbocycles. The van der Waals surface area contributed by atoms with Crippen LogP contribution >= 0.6 is 22.9 Å². The molecule has 0 aliphatic heterocycles. The molecule has 3 aromatic rings. The maximum absolute atomic E-state index is 11.7. The van der Waals surface area contributed by atoms with Crippen LogP contribution in [-0.4, -0.2) is 22.0 Å². The van der Waals surface area contributed by atoms with Crippen LogP contribution in [0, 0.1) is 0 Å². The summed E-state index contributed by atoms with van der Waals surface area (Å²) in [6, 6.07) is 5.62. The summed E-state index contributed by atoms with van der Waals surface area (Å²) in [5, 5.41) is 0.661. The number of carbonyl (C=O) groups is 1. The monoisotopic (exact) mass is 280 g/mol. The number of imidazole rings is 1. The molecule has 0 atom stereocenters. The van der Waals surface area contributed by atoms with E-state index in [2.05, 4.69) is 4.98 Å². The molecule has 2 aromatic heterocycles. The number of hydrogen-bond donors (Lipinski definition) is 0. The lowest BCUT2D eigenvalue weighted by molar-refractivity contribution is 0.0523. The van der Waals surface area contributed by atoms with Crippen LogP contribution in [0.5, 0.6) is 0 Å². The van der Waals surface area contributed by atoms with Crippen molar-refractivity contribution in [3.05, 3.63) is 35.2 Å². The van der Waals surface area contributed by atoms with Crippen LogP contribution in [0.1, 0.15) is 17.4 Å². The minimum Gasteiger partial charge on any atom is -0.461 e. The second kappa shape index (κ2) is 4.26. The number of carbonyl (C=O) groups excluding carboxylic acids is 1. The van der Waals surface area contributed by atoms with Gasteiger partial charge in [-0.15, -0.1) is 11.3 Å². The lowest BCUT2D eigenvalue weighted by Gasteiger charge is -1.96. The van der Waals surface area contributed by atoms with Gasteiger partial charge in [-0.25, -0.2) is 9.78 Å². The summed E-state index contributed by atoms with van der Waals surface area (Å²) in [5.41, 5.74) is 1.31. The maximum atomic E-state index is 11.7. The predicted molar refractivity (Wildman–Crippen MR) is 71.5 cm³/mol. The molecule has 1 aromatic carbocycles. The van der Waals surface area contributed by atoms with Gasteiger partial charge in [0.2, 0.25) is 0 Å². The smallest absolute Gasteiger partial charge is 0.360 e. The Morgan fingerprint density at radius 2 is 2.39 bits per heavy atom. The third-order valence-corrected chi connectivity index (χ3v) is 3.96. The number of benzene rings is 1. The number of esters is 1. The molecule has 0 aliphatic rings. The van der Waals surface area contributed by atoms with Crippen molar-refractivity contribution in [1.29, 1.82) is 0 Å². The fourth-order valence-electron chi connectivity index (χ4n) is 1.82. The van der Waals surface area contributed by atoms with E-state index in [-0.39, 0.29) is 0 Å². The van der Waals surface area contributed by atoms with E-state index in [1.165, 1.54) is 11.3 Å². The first-order chi connectivity index (χ1) is 8.70. The minimum absolute atomic E-state index is 0.342. The molecular weight excluding hydrogens is 272 g/mol. The minimum atomic E-state index is -0.391. The number of thiazole rings is 1. The first-order valence-corrected chi connectivity index (χ1v) is 6.62. The average molecular weight is 281 g/mol. The molecule has 92 valence electrons. The lowest BCUT2D eigenvalue weighted by Crippen LogP contribution is -2.04. The first-order valence-electron chi connectivity index (χ1n) is 5.43. The van der Waals surface area contributed by atoms with Crippen LogP contribution in [0.2, 0.25) is 5.02 Å². The van der Waals surface area contributed by atoms with Crippen molar-refractivity contribution in [3.63, 3.8) is 0 Å². The van der Waals surface area contributed by atoms with Gasteiger partial charge in [0.25, 0.3) is 0 Å². The van der Waals surface area contributed by atoms with Crippen molar-refractivity contribution in [2.24, 2.45) is 0 Å². The topological polar surface area (TPSA) is 43.6 Å². The first kappa shape index (κ1) is 11.5.